The molecule has 0 atom stereocenters. The highest BCUT2D eigenvalue weighted by molar-refractivity contribution is 7.89. The Bertz CT molecular complexity index is 695. The fraction of sp³-hybridized carbons (Fsp3) is 0.267. The third-order valence-corrected chi connectivity index (χ3v) is 5.44. The van der Waals surface area contributed by atoms with E-state index in [-0.39, 0.29) is 10.6 Å². The number of nitrogens with zero attached hydrogens (tertiary/aromatic N) is 2. The summed E-state index contributed by atoms with van der Waals surface area (Å²) in [5.74, 6) is 0. The lowest BCUT2D eigenvalue weighted by Crippen LogP contribution is -2.31. The van der Waals surface area contributed by atoms with Gasteiger partial charge < -0.3 is 5.73 Å². The van der Waals surface area contributed by atoms with Gasteiger partial charge in [-0.1, -0.05) is 19.1 Å². The molecule has 0 aliphatic heterocycles. The van der Waals surface area contributed by atoms with Crippen molar-refractivity contribution in [3.8, 4) is 0 Å². The number of sulfonamides is 1. The SMILES string of the molecule is CCN(Cc1ccncc1)S(=O)(=O)c1c(C)cccc1N. The van der Waals surface area contributed by atoms with E-state index in [9.17, 15) is 8.42 Å². The molecule has 2 N–H and O–H groups in total. The van der Waals surface area contributed by atoms with E-state index in [4.69, 9.17) is 5.73 Å². The topological polar surface area (TPSA) is 76.3 Å². The van der Waals surface area contributed by atoms with E-state index in [1.54, 1.807) is 49.6 Å². The summed E-state index contributed by atoms with van der Waals surface area (Å²) < 4.78 is 27.1. The number of nitrogens with two attached hydrogens (primary N) is 1. The maximum Gasteiger partial charge on any atom is 0.245 e. The number of hydrogen-bond donors (Lipinski definition) is 1. The number of aromatic nitrogens is 1. The van der Waals surface area contributed by atoms with Crippen molar-refractivity contribution < 1.29 is 8.42 Å². The molecule has 1 aromatic heterocycles. The van der Waals surface area contributed by atoms with Crippen molar-refractivity contribution in [2.24, 2.45) is 0 Å². The van der Waals surface area contributed by atoms with Gasteiger partial charge in [0, 0.05) is 25.5 Å². The van der Waals surface area contributed by atoms with Crippen LogP contribution in [-0.2, 0) is 16.6 Å². The minimum Gasteiger partial charge on any atom is -0.398 e. The average Bonchev–Trinajstić information content (AvgIpc) is 2.45. The molecule has 0 fully saturated rings. The van der Waals surface area contributed by atoms with Gasteiger partial charge in [-0.2, -0.15) is 4.31 Å². The molecule has 21 heavy (non-hydrogen) atoms. The number of pyridine rings is 1. The summed E-state index contributed by atoms with van der Waals surface area (Å²) in [6.07, 6.45) is 3.30. The van der Waals surface area contributed by atoms with Crippen molar-refractivity contribution in [3.63, 3.8) is 0 Å². The second-order valence-electron chi connectivity index (χ2n) is 4.78. The quantitative estimate of drug-likeness (QED) is 0.859. The Hall–Kier alpha value is -1.92. The molecule has 2 rings (SSSR count). The molecule has 6 heteroatoms. The van der Waals surface area contributed by atoms with Gasteiger partial charge in [-0.05, 0) is 36.2 Å². The molecule has 0 bridgehead atoms. The highest BCUT2D eigenvalue weighted by Crippen LogP contribution is 2.26. The Balaban J connectivity index is 2.41. The van der Waals surface area contributed by atoms with Gasteiger partial charge in [0.1, 0.15) is 4.90 Å². The van der Waals surface area contributed by atoms with Crippen LogP contribution in [0, 0.1) is 6.92 Å². The van der Waals surface area contributed by atoms with Gasteiger partial charge in [0.2, 0.25) is 10.0 Å². The van der Waals surface area contributed by atoms with Gasteiger partial charge in [-0.25, -0.2) is 8.42 Å². The molecule has 1 heterocycles. The van der Waals surface area contributed by atoms with Crippen LogP contribution in [-0.4, -0.2) is 24.3 Å². The maximum atomic E-state index is 12.8. The van der Waals surface area contributed by atoms with Crippen molar-refractivity contribution in [2.75, 3.05) is 12.3 Å². The number of anilines is 1. The third-order valence-electron chi connectivity index (χ3n) is 3.30. The van der Waals surface area contributed by atoms with Gasteiger partial charge in [-0.3, -0.25) is 4.98 Å². The fourth-order valence-electron chi connectivity index (χ4n) is 2.22. The molecule has 5 nitrogen and oxygen atoms in total. The molecule has 0 amide bonds. The van der Waals surface area contributed by atoms with E-state index < -0.39 is 10.0 Å². The zero-order valence-corrected chi connectivity index (χ0v) is 13.0. The van der Waals surface area contributed by atoms with Gasteiger partial charge in [0.25, 0.3) is 0 Å². The predicted molar refractivity (Wildman–Crippen MR) is 83.1 cm³/mol. The molecule has 0 aliphatic carbocycles. The van der Waals surface area contributed by atoms with Crippen molar-refractivity contribution in [2.45, 2.75) is 25.3 Å². The number of nitrogen functional groups attached to an aromatic ring is 1. The standard InChI is InChI=1S/C15H19N3O2S/c1-3-18(11-13-7-9-17-10-8-13)21(19,20)15-12(2)5-4-6-14(15)16/h4-10H,3,11,16H2,1-2H3. The Kier molecular flexibility index (Phi) is 4.59. The molecule has 112 valence electrons. The highest BCUT2D eigenvalue weighted by Gasteiger charge is 2.27. The molecule has 0 saturated heterocycles. The Morgan fingerprint density at radius 3 is 2.43 bits per heavy atom. The second kappa shape index (κ2) is 6.24. The maximum absolute atomic E-state index is 12.8. The molecule has 0 radical (unpaired) electrons. The molecule has 0 spiro atoms. The average molecular weight is 305 g/mol. The summed E-state index contributed by atoms with van der Waals surface area (Å²) in [4.78, 5) is 4.13. The Morgan fingerprint density at radius 2 is 1.86 bits per heavy atom. The van der Waals surface area contributed by atoms with Crippen LogP contribution in [0.15, 0.2) is 47.6 Å². The van der Waals surface area contributed by atoms with Gasteiger partial charge in [-0.15, -0.1) is 0 Å². The van der Waals surface area contributed by atoms with Crippen molar-refractivity contribution >= 4 is 15.7 Å². The first-order valence-electron chi connectivity index (χ1n) is 6.71. The lowest BCUT2D eigenvalue weighted by molar-refractivity contribution is 0.423. The minimum atomic E-state index is -3.62. The Labute approximate surface area is 125 Å². The molecule has 2 aromatic rings. The van der Waals surface area contributed by atoms with E-state index in [0.717, 1.165) is 5.56 Å². The van der Waals surface area contributed by atoms with E-state index in [1.807, 2.05) is 6.92 Å². The lowest BCUT2D eigenvalue weighted by atomic mass is 10.2. The number of aryl methyl sites for hydroxylation is 1. The third kappa shape index (κ3) is 3.22. The number of hydrogen-bond acceptors (Lipinski definition) is 4. The van der Waals surface area contributed by atoms with Crippen LogP contribution in [0.4, 0.5) is 5.69 Å². The molecule has 1 aromatic carbocycles. The Morgan fingerprint density at radius 1 is 1.19 bits per heavy atom. The normalized spacial score (nSPS) is 11.8. The van der Waals surface area contributed by atoms with Crippen LogP contribution < -0.4 is 5.73 Å². The van der Waals surface area contributed by atoms with Crippen LogP contribution in [0.1, 0.15) is 18.1 Å². The van der Waals surface area contributed by atoms with E-state index in [2.05, 4.69) is 4.98 Å². The number of rotatable bonds is 5. The summed E-state index contributed by atoms with van der Waals surface area (Å²) >= 11 is 0. The second-order valence-corrected chi connectivity index (χ2v) is 6.65. The van der Waals surface area contributed by atoms with Gasteiger partial charge >= 0.3 is 0 Å². The summed E-state index contributed by atoms with van der Waals surface area (Å²) in [6, 6.07) is 8.73. The predicted octanol–water partition coefficient (Wildman–Crippen LogP) is 2.18. The minimum absolute atomic E-state index is 0.195. The van der Waals surface area contributed by atoms with Gasteiger partial charge in [0.05, 0.1) is 5.69 Å². The van der Waals surface area contributed by atoms with Crippen molar-refractivity contribution in [1.29, 1.82) is 0 Å². The highest BCUT2D eigenvalue weighted by atomic mass is 32.2. The fourth-order valence-corrected chi connectivity index (χ4v) is 3.97. The largest absolute Gasteiger partial charge is 0.398 e. The van der Waals surface area contributed by atoms with Crippen LogP contribution in [0.25, 0.3) is 0 Å². The lowest BCUT2D eigenvalue weighted by Gasteiger charge is -2.22. The summed E-state index contributed by atoms with van der Waals surface area (Å²) in [5.41, 5.74) is 7.71. The zero-order chi connectivity index (χ0) is 15.5. The monoisotopic (exact) mass is 305 g/mol. The molecule has 0 unspecified atom stereocenters. The van der Waals surface area contributed by atoms with E-state index >= 15 is 0 Å². The summed E-state index contributed by atoms with van der Waals surface area (Å²) in [5, 5.41) is 0. The van der Waals surface area contributed by atoms with Crippen molar-refractivity contribution in [3.05, 3.63) is 53.9 Å². The molecular formula is C15H19N3O2S. The number of benzene rings is 1. The molecule has 0 saturated carbocycles. The van der Waals surface area contributed by atoms with Crippen molar-refractivity contribution in [1.82, 2.24) is 9.29 Å². The first-order valence-corrected chi connectivity index (χ1v) is 8.15. The molecule has 0 aliphatic rings. The van der Waals surface area contributed by atoms with Crippen LogP contribution in [0.3, 0.4) is 0 Å². The van der Waals surface area contributed by atoms with Crippen LogP contribution in [0.2, 0.25) is 0 Å². The zero-order valence-electron chi connectivity index (χ0n) is 12.2. The summed E-state index contributed by atoms with van der Waals surface area (Å²) in [6.45, 7) is 4.24. The van der Waals surface area contributed by atoms with Crippen LogP contribution in [0.5, 0.6) is 0 Å². The summed E-state index contributed by atoms with van der Waals surface area (Å²) in [7, 11) is -3.62. The van der Waals surface area contributed by atoms with E-state index in [0.29, 0.717) is 18.7 Å². The molecular weight excluding hydrogens is 286 g/mol. The first-order chi connectivity index (χ1) is 9.96. The van der Waals surface area contributed by atoms with Gasteiger partial charge in [0.15, 0.2) is 0 Å². The smallest absolute Gasteiger partial charge is 0.245 e. The van der Waals surface area contributed by atoms with E-state index in [1.165, 1.54) is 4.31 Å². The first kappa shape index (κ1) is 15.5. The van der Waals surface area contributed by atoms with Crippen LogP contribution >= 0.6 is 0 Å².